The minimum Gasteiger partial charge on any atom is -0.495 e. The van der Waals surface area contributed by atoms with Gasteiger partial charge in [-0.3, -0.25) is 9.78 Å². The van der Waals surface area contributed by atoms with Crippen LogP contribution in [0, 0.1) is 0 Å². The lowest BCUT2D eigenvalue weighted by Gasteiger charge is -2.36. The van der Waals surface area contributed by atoms with Crippen molar-refractivity contribution in [1.82, 2.24) is 9.55 Å². The molecule has 0 fully saturated rings. The third-order valence-electron chi connectivity index (χ3n) is 5.59. The molecule has 6 heteroatoms. The normalized spacial score (nSPS) is 12.5. The average Bonchev–Trinajstić information content (AvgIpc) is 2.61. The Kier molecular flexibility index (Phi) is 7.23. The fourth-order valence-corrected chi connectivity index (χ4v) is 3.85. The predicted molar refractivity (Wildman–Crippen MR) is 114 cm³/mol. The van der Waals surface area contributed by atoms with Crippen molar-refractivity contribution in [1.29, 1.82) is 0 Å². The summed E-state index contributed by atoms with van der Waals surface area (Å²) in [5, 5.41) is 0.262. The monoisotopic (exact) mass is 390 g/mol. The molecule has 0 aliphatic carbocycles. The Morgan fingerprint density at radius 1 is 1.11 bits per heavy atom. The van der Waals surface area contributed by atoms with E-state index in [0.29, 0.717) is 12.3 Å². The third kappa shape index (κ3) is 5.66. The number of hydrogen-bond donors (Lipinski definition) is 0. The molecular weight excluding hydrogens is 356 g/mol. The molecule has 150 valence electrons. The van der Waals surface area contributed by atoms with Crippen molar-refractivity contribution in [3.05, 3.63) is 34.7 Å². The van der Waals surface area contributed by atoms with Gasteiger partial charge in [0.2, 0.25) is 0 Å². The maximum absolute atomic E-state index is 12.3. The van der Waals surface area contributed by atoms with Gasteiger partial charge in [-0.1, -0.05) is 33.6 Å². The van der Waals surface area contributed by atoms with E-state index >= 15 is 0 Å². The van der Waals surface area contributed by atoms with E-state index in [1.807, 2.05) is 6.07 Å². The highest BCUT2D eigenvalue weighted by Gasteiger charge is 2.36. The molecule has 0 atom stereocenters. The zero-order chi connectivity index (χ0) is 20.1. The van der Waals surface area contributed by atoms with Gasteiger partial charge in [-0.25, -0.2) is 0 Å². The number of rotatable bonds is 9. The number of ether oxygens (including phenoxy) is 1. The van der Waals surface area contributed by atoms with Crippen LogP contribution in [0.15, 0.2) is 29.2 Å². The van der Waals surface area contributed by atoms with E-state index in [1.165, 1.54) is 0 Å². The molecule has 0 unspecified atom stereocenters. The molecule has 0 bridgehead atoms. The van der Waals surface area contributed by atoms with E-state index < -0.39 is 8.32 Å². The summed E-state index contributed by atoms with van der Waals surface area (Å²) in [6.45, 7) is 12.9. The van der Waals surface area contributed by atoms with Crippen LogP contribution in [0.25, 0.3) is 11.0 Å². The lowest BCUT2D eigenvalue weighted by molar-refractivity contribution is 0.277. The number of methoxy groups -OCH3 is 1. The first kappa shape index (κ1) is 21.6. The van der Waals surface area contributed by atoms with Gasteiger partial charge in [-0.2, -0.15) is 0 Å². The van der Waals surface area contributed by atoms with Gasteiger partial charge in [-0.15, -0.1) is 0 Å². The molecule has 2 aromatic heterocycles. The Labute approximate surface area is 163 Å². The largest absolute Gasteiger partial charge is 0.495 e. The van der Waals surface area contributed by atoms with Crippen molar-refractivity contribution in [3.8, 4) is 5.75 Å². The Morgan fingerprint density at radius 2 is 1.81 bits per heavy atom. The van der Waals surface area contributed by atoms with Crippen LogP contribution in [-0.2, 0) is 11.0 Å². The Bertz CT molecular complexity index is 809. The highest BCUT2D eigenvalue weighted by molar-refractivity contribution is 6.74. The minimum absolute atomic E-state index is 0.0128. The fourth-order valence-electron chi connectivity index (χ4n) is 2.76. The lowest BCUT2D eigenvalue weighted by atomic mass is 10.2. The first-order valence-electron chi connectivity index (χ1n) is 9.83. The zero-order valence-electron chi connectivity index (χ0n) is 17.7. The first-order chi connectivity index (χ1) is 12.7. The number of aryl methyl sites for hydroxylation is 1. The highest BCUT2D eigenvalue weighted by atomic mass is 28.4. The SMILES string of the molecule is COc1cnc2ccc(=O)n(CCCCCCO[Si](C)(C)C(C)(C)C)c2c1. The van der Waals surface area contributed by atoms with Gasteiger partial charge in [0.15, 0.2) is 8.32 Å². The second-order valence-corrected chi connectivity index (χ2v) is 13.4. The van der Waals surface area contributed by atoms with Gasteiger partial charge < -0.3 is 13.7 Å². The summed E-state index contributed by atoms with van der Waals surface area (Å²) in [7, 11) is -0.0262. The molecule has 2 heterocycles. The van der Waals surface area contributed by atoms with Gasteiger partial charge in [0, 0.05) is 25.3 Å². The van der Waals surface area contributed by atoms with Gasteiger partial charge in [0.05, 0.1) is 24.3 Å². The molecule has 0 aromatic carbocycles. The summed E-state index contributed by atoms with van der Waals surface area (Å²) in [5.74, 6) is 0.671. The van der Waals surface area contributed by atoms with Crippen LogP contribution in [0.3, 0.4) is 0 Å². The predicted octanol–water partition coefficient (Wildman–Crippen LogP) is 4.99. The Morgan fingerprint density at radius 3 is 2.48 bits per heavy atom. The molecule has 0 N–H and O–H groups in total. The van der Waals surface area contributed by atoms with Crippen LogP contribution in [0.2, 0.25) is 18.1 Å². The molecule has 2 rings (SSSR count). The fraction of sp³-hybridized carbons (Fsp3) is 0.619. The summed E-state index contributed by atoms with van der Waals surface area (Å²) in [5.41, 5.74) is 1.67. The van der Waals surface area contributed by atoms with E-state index in [0.717, 1.165) is 43.3 Å². The van der Waals surface area contributed by atoms with Crippen LogP contribution in [-0.4, -0.2) is 31.6 Å². The lowest BCUT2D eigenvalue weighted by Crippen LogP contribution is -2.40. The van der Waals surface area contributed by atoms with Crippen molar-refractivity contribution in [2.24, 2.45) is 0 Å². The second kappa shape index (κ2) is 9.02. The number of fused-ring (bicyclic) bond motifs is 1. The molecule has 5 nitrogen and oxygen atoms in total. The number of aromatic nitrogens is 2. The standard InChI is InChI=1S/C21H34N2O3Si/c1-21(2,3)27(5,6)26-14-10-8-7-9-13-23-19-15-17(25-4)16-22-18(19)11-12-20(23)24/h11-12,15-16H,7-10,13-14H2,1-6H3. The minimum atomic E-state index is -1.64. The van der Waals surface area contributed by atoms with E-state index in [2.05, 4.69) is 38.8 Å². The van der Waals surface area contributed by atoms with E-state index in [1.54, 1.807) is 30.0 Å². The number of unbranched alkanes of at least 4 members (excludes halogenated alkanes) is 3. The zero-order valence-corrected chi connectivity index (χ0v) is 18.7. The van der Waals surface area contributed by atoms with Gasteiger partial charge >= 0.3 is 0 Å². The van der Waals surface area contributed by atoms with E-state index in [4.69, 9.17) is 9.16 Å². The van der Waals surface area contributed by atoms with Gasteiger partial charge in [0.25, 0.3) is 5.56 Å². The summed E-state index contributed by atoms with van der Waals surface area (Å²) < 4.78 is 13.3. The summed E-state index contributed by atoms with van der Waals surface area (Å²) >= 11 is 0. The Balaban J connectivity index is 1.84. The second-order valence-electron chi connectivity index (χ2n) is 8.63. The van der Waals surface area contributed by atoms with Crippen LogP contribution < -0.4 is 10.3 Å². The molecule has 0 amide bonds. The highest BCUT2D eigenvalue weighted by Crippen LogP contribution is 2.36. The molecule has 0 aliphatic rings. The molecule has 0 saturated heterocycles. The van der Waals surface area contributed by atoms with Crippen molar-refractivity contribution in [2.45, 2.75) is 71.1 Å². The molecule has 0 saturated carbocycles. The molecule has 27 heavy (non-hydrogen) atoms. The maximum atomic E-state index is 12.3. The Hall–Kier alpha value is -1.66. The molecular formula is C21H34N2O3Si. The number of pyridine rings is 2. The van der Waals surface area contributed by atoms with Crippen molar-refractivity contribution >= 4 is 19.4 Å². The van der Waals surface area contributed by atoms with E-state index in [-0.39, 0.29) is 10.6 Å². The average molecular weight is 391 g/mol. The number of hydrogen-bond acceptors (Lipinski definition) is 4. The summed E-state index contributed by atoms with van der Waals surface area (Å²) in [4.78, 5) is 16.7. The molecule has 0 aliphatic heterocycles. The smallest absolute Gasteiger partial charge is 0.251 e. The molecule has 2 aromatic rings. The maximum Gasteiger partial charge on any atom is 0.251 e. The van der Waals surface area contributed by atoms with Crippen LogP contribution in [0.4, 0.5) is 0 Å². The third-order valence-corrected chi connectivity index (χ3v) is 10.1. The van der Waals surface area contributed by atoms with Crippen LogP contribution in [0.1, 0.15) is 46.5 Å². The van der Waals surface area contributed by atoms with Crippen LogP contribution >= 0.6 is 0 Å². The van der Waals surface area contributed by atoms with Crippen LogP contribution in [0.5, 0.6) is 5.75 Å². The van der Waals surface area contributed by atoms with Gasteiger partial charge in [-0.05, 0) is 37.0 Å². The summed E-state index contributed by atoms with van der Waals surface area (Å²) in [6, 6.07) is 5.25. The topological polar surface area (TPSA) is 53.3 Å². The quantitative estimate of drug-likeness (QED) is 0.447. The van der Waals surface area contributed by atoms with Gasteiger partial charge in [0.1, 0.15) is 5.75 Å². The van der Waals surface area contributed by atoms with Crippen molar-refractivity contribution < 1.29 is 9.16 Å². The molecule has 0 spiro atoms. The molecule has 0 radical (unpaired) electrons. The summed E-state index contributed by atoms with van der Waals surface area (Å²) in [6.07, 6.45) is 5.93. The van der Waals surface area contributed by atoms with Crippen molar-refractivity contribution in [2.75, 3.05) is 13.7 Å². The van der Waals surface area contributed by atoms with Crippen molar-refractivity contribution in [3.63, 3.8) is 0 Å². The van der Waals surface area contributed by atoms with E-state index in [9.17, 15) is 4.79 Å². The first-order valence-corrected chi connectivity index (χ1v) is 12.7. The number of nitrogens with zero attached hydrogens (tertiary/aromatic N) is 2.